The molecule has 4 aliphatic carbocycles. The zero-order valence-corrected chi connectivity index (χ0v) is 20.4. The monoisotopic (exact) mass is 456 g/mol. The fraction of sp³-hybridized carbons (Fsp3) is 0.724. The van der Waals surface area contributed by atoms with E-state index in [4.69, 9.17) is 0 Å². The van der Waals surface area contributed by atoms with E-state index in [0.717, 1.165) is 50.5 Å². The second kappa shape index (κ2) is 8.17. The molecule has 9 atom stereocenters. The summed E-state index contributed by atoms with van der Waals surface area (Å²) >= 11 is 0. The molecule has 33 heavy (non-hydrogen) atoms. The van der Waals surface area contributed by atoms with Gasteiger partial charge in [0.15, 0.2) is 0 Å². The van der Waals surface area contributed by atoms with Crippen molar-refractivity contribution in [2.75, 3.05) is 0 Å². The third-order valence-electron chi connectivity index (χ3n) is 10.8. The van der Waals surface area contributed by atoms with Crippen LogP contribution in [0.25, 0.3) is 0 Å². The zero-order chi connectivity index (χ0) is 23.6. The topological polar surface area (TPSA) is 60.7 Å². The largest absolute Gasteiger partial charge is 0.393 e. The molecule has 4 heteroatoms. The Labute approximate surface area is 198 Å². The van der Waals surface area contributed by atoms with Crippen molar-refractivity contribution in [3.8, 4) is 0 Å². The number of rotatable bonds is 4. The lowest BCUT2D eigenvalue weighted by molar-refractivity contribution is -0.148. The first-order chi connectivity index (χ1) is 15.6. The van der Waals surface area contributed by atoms with Gasteiger partial charge < -0.3 is 15.3 Å². The maximum Gasteiger partial charge on any atom is 0.123 e. The van der Waals surface area contributed by atoms with E-state index in [9.17, 15) is 19.7 Å². The molecular formula is C29H41FO3. The lowest BCUT2D eigenvalue weighted by Crippen LogP contribution is -2.56. The van der Waals surface area contributed by atoms with Gasteiger partial charge in [0.05, 0.1) is 17.8 Å². The van der Waals surface area contributed by atoms with Crippen molar-refractivity contribution in [1.82, 2.24) is 0 Å². The quantitative estimate of drug-likeness (QED) is 0.530. The lowest BCUT2D eigenvalue weighted by Gasteiger charge is -2.59. The Morgan fingerprint density at radius 1 is 1.06 bits per heavy atom. The van der Waals surface area contributed by atoms with Crippen LogP contribution in [0.5, 0.6) is 0 Å². The van der Waals surface area contributed by atoms with Crippen molar-refractivity contribution in [3.05, 3.63) is 47.3 Å². The van der Waals surface area contributed by atoms with Crippen molar-refractivity contribution >= 4 is 0 Å². The lowest BCUT2D eigenvalue weighted by atomic mass is 9.46. The van der Waals surface area contributed by atoms with Gasteiger partial charge in [-0.15, -0.1) is 0 Å². The number of aliphatic hydroxyl groups excluding tert-OH is 2. The van der Waals surface area contributed by atoms with Crippen molar-refractivity contribution < 1.29 is 19.7 Å². The molecule has 3 saturated carbocycles. The Morgan fingerprint density at radius 2 is 1.79 bits per heavy atom. The van der Waals surface area contributed by atoms with Gasteiger partial charge in [-0.3, -0.25) is 0 Å². The number of allylic oxidation sites excluding steroid dienone is 1. The molecule has 0 aromatic heterocycles. The Balaban J connectivity index is 1.37. The minimum atomic E-state index is -1.18. The molecule has 3 N–H and O–H groups in total. The maximum absolute atomic E-state index is 13.3. The highest BCUT2D eigenvalue weighted by Gasteiger charge is 2.62. The molecule has 0 bridgehead atoms. The molecule has 0 aliphatic heterocycles. The predicted octanol–water partition coefficient (Wildman–Crippen LogP) is 5.42. The molecule has 0 amide bonds. The van der Waals surface area contributed by atoms with E-state index >= 15 is 0 Å². The summed E-state index contributed by atoms with van der Waals surface area (Å²) in [5.74, 6) is 1.62. The van der Waals surface area contributed by atoms with Crippen molar-refractivity contribution in [2.24, 2.45) is 34.5 Å². The first kappa shape index (κ1) is 23.5. The van der Waals surface area contributed by atoms with Gasteiger partial charge in [-0.2, -0.15) is 0 Å². The fourth-order valence-electron chi connectivity index (χ4n) is 8.88. The van der Waals surface area contributed by atoms with Crippen LogP contribution in [0.2, 0.25) is 0 Å². The van der Waals surface area contributed by atoms with Crippen molar-refractivity contribution in [2.45, 2.75) is 96.4 Å². The van der Waals surface area contributed by atoms with Gasteiger partial charge in [0, 0.05) is 6.42 Å². The van der Waals surface area contributed by atoms with Gasteiger partial charge in [0.25, 0.3) is 0 Å². The van der Waals surface area contributed by atoms with E-state index in [2.05, 4.69) is 19.9 Å². The fourth-order valence-corrected chi connectivity index (χ4v) is 8.88. The van der Waals surface area contributed by atoms with Crippen molar-refractivity contribution in [1.29, 1.82) is 0 Å². The van der Waals surface area contributed by atoms with Gasteiger partial charge in [-0.25, -0.2) is 4.39 Å². The van der Waals surface area contributed by atoms with Crippen LogP contribution < -0.4 is 0 Å². The van der Waals surface area contributed by atoms with Gasteiger partial charge >= 0.3 is 0 Å². The smallest absolute Gasteiger partial charge is 0.123 e. The van der Waals surface area contributed by atoms with Crippen LogP contribution >= 0.6 is 0 Å². The summed E-state index contributed by atoms with van der Waals surface area (Å²) in [6.45, 7) is 6.64. The van der Waals surface area contributed by atoms with Crippen LogP contribution in [-0.2, 0) is 6.42 Å². The highest BCUT2D eigenvalue weighted by molar-refractivity contribution is 5.26. The SMILES string of the molecule is CC(O)([C@H]1CC[C@H]2[C@@H]3CC=C4C[C@@H](O)CC[C@]4(C)[C@H]3CC[C@]12C)[C@@H](O)Cc1ccc(F)cc1. The van der Waals surface area contributed by atoms with Crippen LogP contribution in [0.15, 0.2) is 35.9 Å². The van der Waals surface area contributed by atoms with Gasteiger partial charge in [0.2, 0.25) is 0 Å². The number of benzene rings is 1. The third-order valence-corrected chi connectivity index (χ3v) is 10.8. The summed E-state index contributed by atoms with van der Waals surface area (Å²) in [5, 5.41) is 33.1. The van der Waals surface area contributed by atoms with Crippen LogP contribution in [0.4, 0.5) is 4.39 Å². The van der Waals surface area contributed by atoms with E-state index < -0.39 is 11.7 Å². The average Bonchev–Trinajstić information content (AvgIpc) is 3.14. The molecule has 0 saturated heterocycles. The molecular weight excluding hydrogens is 415 g/mol. The Hall–Kier alpha value is -1.23. The summed E-state index contributed by atoms with van der Waals surface area (Å²) in [6.07, 6.45) is 9.98. The number of hydrogen-bond acceptors (Lipinski definition) is 3. The predicted molar refractivity (Wildman–Crippen MR) is 128 cm³/mol. The Morgan fingerprint density at radius 3 is 2.52 bits per heavy atom. The van der Waals surface area contributed by atoms with E-state index in [-0.39, 0.29) is 28.7 Å². The van der Waals surface area contributed by atoms with E-state index in [1.54, 1.807) is 12.1 Å². The average molecular weight is 457 g/mol. The number of halogens is 1. The van der Waals surface area contributed by atoms with Gasteiger partial charge in [-0.1, -0.05) is 37.6 Å². The number of hydrogen-bond donors (Lipinski definition) is 3. The minimum Gasteiger partial charge on any atom is -0.393 e. The molecule has 1 aromatic carbocycles. The molecule has 0 heterocycles. The molecule has 1 aromatic rings. The van der Waals surface area contributed by atoms with Crippen LogP contribution in [0, 0.1) is 40.3 Å². The minimum absolute atomic E-state index is 0.0182. The summed E-state index contributed by atoms with van der Waals surface area (Å²) < 4.78 is 13.3. The standard InChI is InChI=1S/C29H41FO3/c1-27-14-12-21(31)17-19(27)6-9-22-23-10-11-25(28(23,2)15-13-24(22)27)29(3,33)26(32)16-18-4-7-20(30)8-5-18/h4-8,21-26,31-33H,9-17H2,1-3H3/t21-,22-,23-,24-,25-,26-,27-,28-,29?/m0/s1. The Kier molecular flexibility index (Phi) is 5.82. The molecule has 4 aliphatic rings. The summed E-state index contributed by atoms with van der Waals surface area (Å²) in [4.78, 5) is 0. The highest BCUT2D eigenvalue weighted by Crippen LogP contribution is 2.67. The molecule has 0 radical (unpaired) electrons. The van der Waals surface area contributed by atoms with Gasteiger partial charge in [0.1, 0.15) is 5.82 Å². The van der Waals surface area contributed by atoms with E-state index in [1.165, 1.54) is 24.1 Å². The summed E-state index contributed by atoms with van der Waals surface area (Å²) in [7, 11) is 0. The normalized spacial score (nSPS) is 43.0. The van der Waals surface area contributed by atoms with E-state index in [1.807, 2.05) is 6.92 Å². The molecule has 182 valence electrons. The van der Waals surface area contributed by atoms with Crippen LogP contribution in [-0.4, -0.2) is 33.1 Å². The van der Waals surface area contributed by atoms with Crippen molar-refractivity contribution in [3.63, 3.8) is 0 Å². The molecule has 0 spiro atoms. The number of aliphatic hydroxyl groups is 3. The first-order valence-electron chi connectivity index (χ1n) is 13.1. The Bertz CT molecular complexity index is 908. The second-order valence-electron chi connectivity index (χ2n) is 12.4. The van der Waals surface area contributed by atoms with Crippen LogP contribution in [0.1, 0.15) is 77.7 Å². The number of fused-ring (bicyclic) bond motifs is 5. The zero-order valence-electron chi connectivity index (χ0n) is 20.4. The maximum atomic E-state index is 13.3. The summed E-state index contributed by atoms with van der Waals surface area (Å²) in [5.41, 5.74) is 1.39. The van der Waals surface area contributed by atoms with E-state index in [0.29, 0.717) is 24.2 Å². The third kappa shape index (κ3) is 3.72. The molecule has 3 fully saturated rings. The second-order valence-corrected chi connectivity index (χ2v) is 12.4. The molecule has 3 nitrogen and oxygen atoms in total. The van der Waals surface area contributed by atoms with Crippen LogP contribution in [0.3, 0.4) is 0 Å². The molecule has 5 rings (SSSR count). The summed E-state index contributed by atoms with van der Waals surface area (Å²) in [6, 6.07) is 6.24. The highest BCUT2D eigenvalue weighted by atomic mass is 19.1. The first-order valence-corrected chi connectivity index (χ1v) is 13.1. The molecule has 1 unspecified atom stereocenters. The van der Waals surface area contributed by atoms with Gasteiger partial charge in [-0.05, 0) is 110 Å².